The summed E-state index contributed by atoms with van der Waals surface area (Å²) in [6, 6.07) is 13.6. The molecule has 0 aromatic heterocycles. The largest absolute Gasteiger partial charge is 0.489 e. The van der Waals surface area contributed by atoms with E-state index in [0.29, 0.717) is 13.2 Å². The Kier molecular flexibility index (Phi) is 5.84. The van der Waals surface area contributed by atoms with Gasteiger partial charge in [0, 0.05) is 12.2 Å². The smallest absolute Gasteiger partial charge is 0.123 e. The highest BCUT2D eigenvalue weighted by atomic mass is 35.5. The standard InChI is InChI=1S/C16H17ClFNO2/c17-9-15(20)10-19-14-5-7-16(8-6-14)21-11-12-1-3-13(18)4-2-12/h1-8,15,19-20H,9-11H2. The van der Waals surface area contributed by atoms with Crippen molar-refractivity contribution >= 4 is 17.3 Å². The topological polar surface area (TPSA) is 41.5 Å². The van der Waals surface area contributed by atoms with Crippen molar-refractivity contribution in [1.29, 1.82) is 0 Å². The number of rotatable bonds is 7. The fourth-order valence-corrected chi connectivity index (χ4v) is 1.82. The van der Waals surface area contributed by atoms with E-state index in [0.717, 1.165) is 17.0 Å². The van der Waals surface area contributed by atoms with Crippen LogP contribution in [0.3, 0.4) is 0 Å². The van der Waals surface area contributed by atoms with Crippen LogP contribution in [0.4, 0.5) is 10.1 Å². The molecule has 0 aliphatic heterocycles. The number of ether oxygens (including phenoxy) is 1. The summed E-state index contributed by atoms with van der Waals surface area (Å²) < 4.78 is 18.4. The van der Waals surface area contributed by atoms with Gasteiger partial charge in [-0.15, -0.1) is 11.6 Å². The van der Waals surface area contributed by atoms with Gasteiger partial charge >= 0.3 is 0 Å². The number of aliphatic hydroxyl groups is 1. The van der Waals surface area contributed by atoms with Gasteiger partial charge in [0.15, 0.2) is 0 Å². The van der Waals surface area contributed by atoms with E-state index in [1.807, 2.05) is 24.3 Å². The molecule has 1 unspecified atom stereocenters. The molecule has 0 heterocycles. The number of hydrogen-bond donors (Lipinski definition) is 2. The molecule has 0 aliphatic rings. The van der Waals surface area contributed by atoms with Gasteiger partial charge in [-0.3, -0.25) is 0 Å². The van der Waals surface area contributed by atoms with Crippen molar-refractivity contribution in [2.24, 2.45) is 0 Å². The van der Waals surface area contributed by atoms with E-state index in [1.54, 1.807) is 12.1 Å². The fourth-order valence-electron chi connectivity index (χ4n) is 1.71. The Balaban J connectivity index is 1.83. The maximum Gasteiger partial charge on any atom is 0.123 e. The molecule has 112 valence electrons. The lowest BCUT2D eigenvalue weighted by Crippen LogP contribution is -2.20. The summed E-state index contributed by atoms with van der Waals surface area (Å²) >= 11 is 5.52. The van der Waals surface area contributed by atoms with E-state index < -0.39 is 6.10 Å². The highest BCUT2D eigenvalue weighted by Gasteiger charge is 2.02. The van der Waals surface area contributed by atoms with Crippen LogP contribution >= 0.6 is 11.6 Å². The zero-order chi connectivity index (χ0) is 15.1. The molecule has 1 atom stereocenters. The van der Waals surface area contributed by atoms with E-state index in [1.165, 1.54) is 12.1 Å². The van der Waals surface area contributed by atoms with Gasteiger partial charge in [-0.2, -0.15) is 0 Å². The monoisotopic (exact) mass is 309 g/mol. The second-order valence-corrected chi connectivity index (χ2v) is 4.94. The highest BCUT2D eigenvalue weighted by Crippen LogP contribution is 2.17. The first-order chi connectivity index (χ1) is 10.2. The van der Waals surface area contributed by atoms with Crippen LogP contribution in [-0.2, 0) is 6.61 Å². The first kappa shape index (κ1) is 15.6. The van der Waals surface area contributed by atoms with Crippen LogP contribution in [0, 0.1) is 5.82 Å². The lowest BCUT2D eigenvalue weighted by atomic mass is 10.2. The van der Waals surface area contributed by atoms with Crippen LogP contribution in [-0.4, -0.2) is 23.6 Å². The van der Waals surface area contributed by atoms with E-state index in [2.05, 4.69) is 5.32 Å². The molecule has 2 aromatic rings. The zero-order valence-electron chi connectivity index (χ0n) is 11.4. The van der Waals surface area contributed by atoms with Crippen LogP contribution in [0.5, 0.6) is 5.75 Å². The van der Waals surface area contributed by atoms with Gasteiger partial charge in [0.2, 0.25) is 0 Å². The normalized spacial score (nSPS) is 12.0. The quantitative estimate of drug-likeness (QED) is 0.770. The Morgan fingerprint density at radius 3 is 2.38 bits per heavy atom. The molecular formula is C16H17ClFNO2. The molecule has 0 bridgehead atoms. The third-order valence-corrected chi connectivity index (χ3v) is 3.25. The minimum Gasteiger partial charge on any atom is -0.489 e. The zero-order valence-corrected chi connectivity index (χ0v) is 12.2. The highest BCUT2D eigenvalue weighted by molar-refractivity contribution is 6.18. The Hall–Kier alpha value is -1.78. The number of alkyl halides is 1. The van der Waals surface area contributed by atoms with Crippen LogP contribution in [0.15, 0.2) is 48.5 Å². The van der Waals surface area contributed by atoms with Gasteiger partial charge in [-0.25, -0.2) is 4.39 Å². The number of nitrogens with one attached hydrogen (secondary N) is 1. The molecule has 0 fully saturated rings. The molecule has 0 spiro atoms. The second-order valence-electron chi connectivity index (χ2n) is 4.63. The van der Waals surface area contributed by atoms with Crippen molar-refractivity contribution in [3.8, 4) is 5.75 Å². The third kappa shape index (κ3) is 5.25. The Morgan fingerprint density at radius 1 is 1.10 bits per heavy atom. The van der Waals surface area contributed by atoms with Crippen LogP contribution in [0.1, 0.15) is 5.56 Å². The first-order valence-electron chi connectivity index (χ1n) is 6.62. The number of benzene rings is 2. The SMILES string of the molecule is OC(CCl)CNc1ccc(OCc2ccc(F)cc2)cc1. The fraction of sp³-hybridized carbons (Fsp3) is 0.250. The summed E-state index contributed by atoms with van der Waals surface area (Å²) in [4.78, 5) is 0. The van der Waals surface area contributed by atoms with Crippen molar-refractivity contribution in [1.82, 2.24) is 0 Å². The van der Waals surface area contributed by atoms with Crippen molar-refractivity contribution in [3.63, 3.8) is 0 Å². The minimum absolute atomic E-state index is 0.200. The summed E-state index contributed by atoms with van der Waals surface area (Å²) in [5.74, 6) is 0.669. The van der Waals surface area contributed by atoms with Gasteiger partial charge in [-0.05, 0) is 42.0 Å². The Bertz CT molecular complexity index is 545. The maximum absolute atomic E-state index is 12.8. The lowest BCUT2D eigenvalue weighted by Gasteiger charge is -2.11. The van der Waals surface area contributed by atoms with E-state index in [4.69, 9.17) is 16.3 Å². The molecule has 0 saturated carbocycles. The maximum atomic E-state index is 12.8. The van der Waals surface area contributed by atoms with Crippen LogP contribution < -0.4 is 10.1 Å². The summed E-state index contributed by atoms with van der Waals surface area (Å²) in [5, 5.41) is 12.4. The minimum atomic E-state index is -0.568. The molecule has 21 heavy (non-hydrogen) atoms. The predicted octanol–water partition coefficient (Wildman–Crippen LogP) is 3.42. The molecule has 0 amide bonds. The van der Waals surface area contributed by atoms with Crippen molar-refractivity contribution in [2.45, 2.75) is 12.7 Å². The van der Waals surface area contributed by atoms with E-state index in [9.17, 15) is 9.50 Å². The summed E-state index contributed by atoms with van der Waals surface area (Å²) in [5.41, 5.74) is 1.79. The predicted molar refractivity (Wildman–Crippen MR) is 82.4 cm³/mol. The summed E-state index contributed by atoms with van der Waals surface area (Å²) in [6.45, 7) is 0.789. The Labute approximate surface area is 128 Å². The average molecular weight is 310 g/mol. The molecule has 2 rings (SSSR count). The molecular weight excluding hydrogens is 293 g/mol. The molecule has 0 saturated heterocycles. The number of hydrogen-bond acceptors (Lipinski definition) is 3. The van der Waals surface area contributed by atoms with Crippen LogP contribution in [0.25, 0.3) is 0 Å². The van der Waals surface area contributed by atoms with Gasteiger partial charge < -0.3 is 15.2 Å². The molecule has 5 heteroatoms. The first-order valence-corrected chi connectivity index (χ1v) is 7.16. The molecule has 2 N–H and O–H groups in total. The third-order valence-electron chi connectivity index (χ3n) is 2.89. The van der Waals surface area contributed by atoms with Crippen molar-refractivity contribution in [2.75, 3.05) is 17.7 Å². The Morgan fingerprint density at radius 2 is 1.76 bits per heavy atom. The second kappa shape index (κ2) is 7.86. The van der Waals surface area contributed by atoms with Crippen molar-refractivity contribution in [3.05, 3.63) is 59.9 Å². The summed E-state index contributed by atoms with van der Waals surface area (Å²) in [7, 11) is 0. The number of anilines is 1. The lowest BCUT2D eigenvalue weighted by molar-refractivity contribution is 0.211. The van der Waals surface area contributed by atoms with Gasteiger partial charge in [0.05, 0.1) is 12.0 Å². The molecule has 2 aromatic carbocycles. The van der Waals surface area contributed by atoms with Gasteiger partial charge in [-0.1, -0.05) is 12.1 Å². The average Bonchev–Trinajstić information content (AvgIpc) is 2.53. The van der Waals surface area contributed by atoms with Crippen molar-refractivity contribution < 1.29 is 14.2 Å². The number of halogens is 2. The molecule has 0 radical (unpaired) electrons. The summed E-state index contributed by atoms with van der Waals surface area (Å²) in [6.07, 6.45) is -0.568. The van der Waals surface area contributed by atoms with E-state index >= 15 is 0 Å². The van der Waals surface area contributed by atoms with Crippen LogP contribution in [0.2, 0.25) is 0 Å². The molecule has 3 nitrogen and oxygen atoms in total. The van der Waals surface area contributed by atoms with Gasteiger partial charge in [0.1, 0.15) is 18.2 Å². The van der Waals surface area contributed by atoms with E-state index in [-0.39, 0.29) is 11.7 Å². The van der Waals surface area contributed by atoms with Gasteiger partial charge in [0.25, 0.3) is 0 Å². The molecule has 0 aliphatic carbocycles. The number of aliphatic hydroxyl groups excluding tert-OH is 1.